The van der Waals surface area contributed by atoms with Crippen LogP contribution in [0, 0.1) is 11.6 Å². The van der Waals surface area contributed by atoms with E-state index in [1.54, 1.807) is 41.4 Å². The molecule has 184 valence electrons. The van der Waals surface area contributed by atoms with Crippen molar-refractivity contribution in [2.45, 2.75) is 12.5 Å². The van der Waals surface area contributed by atoms with E-state index in [4.69, 9.17) is 42.8 Å². The number of hydrogen-bond donors (Lipinski definition) is 0. The van der Waals surface area contributed by atoms with Crippen molar-refractivity contribution in [1.82, 2.24) is 4.98 Å². The number of rotatable bonds is 6. The van der Waals surface area contributed by atoms with Crippen LogP contribution in [0.4, 0.5) is 13.9 Å². The van der Waals surface area contributed by atoms with Gasteiger partial charge in [-0.3, -0.25) is 0 Å². The van der Waals surface area contributed by atoms with Crippen molar-refractivity contribution in [1.29, 1.82) is 0 Å². The third-order valence-corrected chi connectivity index (χ3v) is 7.25. The maximum Gasteiger partial charge on any atom is 0.207 e. The monoisotopic (exact) mass is 545 g/mol. The molecule has 0 amide bonds. The Bertz CT molecular complexity index is 1480. The van der Waals surface area contributed by atoms with E-state index in [0.29, 0.717) is 44.1 Å². The lowest BCUT2D eigenvalue weighted by Crippen LogP contribution is -2.18. The van der Waals surface area contributed by atoms with E-state index in [0.717, 1.165) is 5.56 Å². The van der Waals surface area contributed by atoms with Crippen LogP contribution in [0.3, 0.4) is 0 Å². The summed E-state index contributed by atoms with van der Waals surface area (Å²) in [5.41, 5.74) is 3.30. The minimum atomic E-state index is -0.477. The van der Waals surface area contributed by atoms with Crippen molar-refractivity contribution in [3.8, 4) is 22.8 Å². The minimum Gasteiger partial charge on any atom is -0.494 e. The van der Waals surface area contributed by atoms with Crippen LogP contribution in [0.5, 0.6) is 11.5 Å². The zero-order valence-corrected chi connectivity index (χ0v) is 21.5. The van der Waals surface area contributed by atoms with Gasteiger partial charge >= 0.3 is 0 Å². The molecular weight excluding hydrogens is 527 g/mol. The lowest BCUT2D eigenvalue weighted by molar-refractivity contribution is 0.386. The molecule has 0 fully saturated rings. The number of hydrazone groups is 1. The summed E-state index contributed by atoms with van der Waals surface area (Å²) in [5, 5.41) is 9.99. The fourth-order valence-electron chi connectivity index (χ4n) is 4.05. The first-order valence-electron chi connectivity index (χ1n) is 10.8. The first-order valence-corrected chi connectivity index (χ1v) is 12.5. The van der Waals surface area contributed by atoms with Crippen LogP contribution < -0.4 is 14.5 Å². The van der Waals surface area contributed by atoms with E-state index in [9.17, 15) is 8.78 Å². The highest BCUT2D eigenvalue weighted by atomic mass is 35.5. The number of halogens is 4. The van der Waals surface area contributed by atoms with Gasteiger partial charge in [-0.25, -0.2) is 18.8 Å². The van der Waals surface area contributed by atoms with Crippen LogP contribution in [0.15, 0.2) is 65.1 Å². The second-order valence-corrected chi connectivity index (χ2v) is 9.67. The van der Waals surface area contributed by atoms with E-state index < -0.39 is 11.6 Å². The topological polar surface area (TPSA) is 47.0 Å². The Morgan fingerprint density at radius 2 is 1.58 bits per heavy atom. The Hall–Kier alpha value is -3.20. The van der Waals surface area contributed by atoms with Gasteiger partial charge in [0, 0.05) is 33.0 Å². The maximum atomic E-state index is 14.5. The second-order valence-electron chi connectivity index (χ2n) is 7.99. The first-order chi connectivity index (χ1) is 17.4. The van der Waals surface area contributed by atoms with Gasteiger partial charge in [-0.15, -0.1) is 11.3 Å². The summed E-state index contributed by atoms with van der Waals surface area (Å²) in [4.78, 5) is 4.72. The highest BCUT2D eigenvalue weighted by Gasteiger charge is 2.33. The molecule has 1 atom stereocenters. The van der Waals surface area contributed by atoms with Gasteiger partial charge in [0.15, 0.2) is 23.1 Å². The molecular formula is C26H19Cl2F2N3O2S. The molecule has 2 heterocycles. The predicted molar refractivity (Wildman–Crippen MR) is 140 cm³/mol. The van der Waals surface area contributed by atoms with E-state index in [1.165, 1.54) is 37.7 Å². The van der Waals surface area contributed by atoms with Crippen LogP contribution >= 0.6 is 34.5 Å². The summed E-state index contributed by atoms with van der Waals surface area (Å²) >= 11 is 14.0. The third kappa shape index (κ3) is 4.64. The standard InChI is InChI=1S/C26H19Cl2F2N3O2S/c1-34-24-7-3-14(9-19(24)29)21-12-23(17-6-5-16(27)11-18(17)28)33(32-21)26-31-22(13-36-26)15-4-8-25(35-2)20(30)10-15/h3-11,13,23H,12H2,1-2H3/t23-/m1/s1. The number of anilines is 1. The van der Waals surface area contributed by atoms with Gasteiger partial charge in [0.1, 0.15) is 0 Å². The highest BCUT2D eigenvalue weighted by Crippen LogP contribution is 2.42. The Morgan fingerprint density at radius 1 is 0.917 bits per heavy atom. The predicted octanol–water partition coefficient (Wildman–Crippen LogP) is 7.77. The van der Waals surface area contributed by atoms with E-state index in [2.05, 4.69) is 0 Å². The van der Waals surface area contributed by atoms with Crippen LogP contribution in [-0.4, -0.2) is 24.9 Å². The molecule has 3 aromatic carbocycles. The number of thiazole rings is 1. The molecule has 5 rings (SSSR count). The quantitative estimate of drug-likeness (QED) is 0.248. The molecule has 0 saturated carbocycles. The SMILES string of the molecule is COc1ccc(C2=NN(c3nc(-c4ccc(OC)c(F)c4)cs3)[C@@H](c3ccc(Cl)cc3Cl)C2)cc1F. The van der Waals surface area contributed by atoms with Gasteiger partial charge in [-0.1, -0.05) is 29.3 Å². The molecule has 0 spiro atoms. The molecule has 1 aliphatic rings. The van der Waals surface area contributed by atoms with Crippen LogP contribution in [0.25, 0.3) is 11.3 Å². The zero-order chi connectivity index (χ0) is 25.4. The Balaban J connectivity index is 1.55. The number of hydrogen-bond acceptors (Lipinski definition) is 6. The minimum absolute atomic E-state index is 0.155. The normalized spacial score (nSPS) is 15.2. The van der Waals surface area contributed by atoms with Crippen molar-refractivity contribution in [2.24, 2.45) is 5.10 Å². The molecule has 4 aromatic rings. The molecule has 0 radical (unpaired) electrons. The Labute approximate surface area is 220 Å². The van der Waals surface area contributed by atoms with Crippen molar-refractivity contribution in [2.75, 3.05) is 19.2 Å². The summed E-state index contributed by atoms with van der Waals surface area (Å²) in [6, 6.07) is 14.4. The molecule has 36 heavy (non-hydrogen) atoms. The van der Waals surface area contributed by atoms with Crippen molar-refractivity contribution >= 4 is 45.4 Å². The summed E-state index contributed by atoms with van der Waals surface area (Å²) in [6.07, 6.45) is 0.458. The summed E-state index contributed by atoms with van der Waals surface area (Å²) in [5.74, 6) is -0.636. The Kier molecular flexibility index (Phi) is 6.83. The van der Waals surface area contributed by atoms with Gasteiger partial charge < -0.3 is 9.47 Å². The van der Waals surface area contributed by atoms with Gasteiger partial charge in [-0.2, -0.15) is 5.10 Å². The van der Waals surface area contributed by atoms with Crippen molar-refractivity contribution in [3.63, 3.8) is 0 Å². The molecule has 0 aliphatic carbocycles. The van der Waals surface area contributed by atoms with Crippen LogP contribution in [-0.2, 0) is 0 Å². The molecule has 10 heteroatoms. The number of ether oxygens (including phenoxy) is 2. The van der Waals surface area contributed by atoms with E-state index >= 15 is 0 Å². The Morgan fingerprint density at radius 3 is 2.22 bits per heavy atom. The maximum absolute atomic E-state index is 14.5. The lowest BCUT2D eigenvalue weighted by atomic mass is 9.98. The smallest absolute Gasteiger partial charge is 0.207 e. The summed E-state index contributed by atoms with van der Waals surface area (Å²) in [7, 11) is 2.83. The highest BCUT2D eigenvalue weighted by molar-refractivity contribution is 7.14. The molecule has 0 saturated heterocycles. The van der Waals surface area contributed by atoms with Crippen molar-refractivity contribution < 1.29 is 18.3 Å². The van der Waals surface area contributed by atoms with E-state index in [-0.39, 0.29) is 17.5 Å². The van der Waals surface area contributed by atoms with Gasteiger partial charge in [0.2, 0.25) is 5.13 Å². The number of aromatic nitrogens is 1. The largest absolute Gasteiger partial charge is 0.494 e. The van der Waals surface area contributed by atoms with Gasteiger partial charge in [0.05, 0.1) is 31.7 Å². The lowest BCUT2D eigenvalue weighted by Gasteiger charge is -2.22. The third-order valence-electron chi connectivity index (χ3n) is 5.85. The molecule has 1 aliphatic heterocycles. The molecule has 5 nitrogen and oxygen atoms in total. The molecule has 0 bridgehead atoms. The average Bonchev–Trinajstić information content (AvgIpc) is 3.52. The number of nitrogens with zero attached hydrogens (tertiary/aromatic N) is 3. The van der Waals surface area contributed by atoms with E-state index in [1.807, 2.05) is 11.4 Å². The summed E-state index contributed by atoms with van der Waals surface area (Å²) < 4.78 is 38.8. The molecule has 0 N–H and O–H groups in total. The fraction of sp³-hybridized carbons (Fsp3) is 0.154. The number of methoxy groups -OCH3 is 2. The molecule has 1 aromatic heterocycles. The van der Waals surface area contributed by atoms with Crippen LogP contribution in [0.1, 0.15) is 23.6 Å². The zero-order valence-electron chi connectivity index (χ0n) is 19.1. The summed E-state index contributed by atoms with van der Waals surface area (Å²) in [6.45, 7) is 0. The van der Waals surface area contributed by atoms with Crippen molar-refractivity contribution in [3.05, 3.63) is 92.8 Å². The van der Waals surface area contributed by atoms with Crippen LogP contribution in [0.2, 0.25) is 10.0 Å². The average molecular weight is 546 g/mol. The second kappa shape index (κ2) is 10.0. The molecule has 0 unspecified atom stereocenters. The number of benzene rings is 3. The first kappa shape index (κ1) is 24.5. The van der Waals surface area contributed by atoms with Gasteiger partial charge in [0.25, 0.3) is 0 Å². The van der Waals surface area contributed by atoms with Gasteiger partial charge in [-0.05, 0) is 54.1 Å². The fourth-order valence-corrected chi connectivity index (χ4v) is 5.42.